The van der Waals surface area contributed by atoms with Gasteiger partial charge in [-0.25, -0.2) is 0 Å². The van der Waals surface area contributed by atoms with Crippen molar-refractivity contribution in [2.24, 2.45) is 0 Å². The Labute approximate surface area is 214 Å². The van der Waals surface area contributed by atoms with Crippen molar-refractivity contribution in [2.75, 3.05) is 19.5 Å². The first kappa shape index (κ1) is 26.7. The number of rotatable bonds is 9. The lowest BCUT2D eigenvalue weighted by Crippen LogP contribution is -2.52. The number of carbonyl (C=O) groups excluding carboxylic acids is 4. The quantitative estimate of drug-likeness (QED) is 0.331. The van der Waals surface area contributed by atoms with Crippen LogP contribution in [0.4, 0.5) is 5.69 Å². The minimum absolute atomic E-state index is 0.179. The first-order chi connectivity index (χ1) is 17.9. The highest BCUT2D eigenvalue weighted by Crippen LogP contribution is 2.18. The maximum atomic E-state index is 13.0. The summed E-state index contributed by atoms with van der Waals surface area (Å²) in [5.74, 6) is -0.889. The number of hydrogen-bond acceptors (Lipinski definition) is 6. The van der Waals surface area contributed by atoms with Crippen LogP contribution in [0.25, 0.3) is 0 Å². The molecule has 0 saturated heterocycles. The lowest BCUT2D eigenvalue weighted by Gasteiger charge is -2.18. The number of hydrazine groups is 1. The van der Waals surface area contributed by atoms with Gasteiger partial charge in [-0.1, -0.05) is 19.1 Å². The molecule has 1 atom stereocenters. The number of amides is 4. The summed E-state index contributed by atoms with van der Waals surface area (Å²) < 4.78 is 10.2. The predicted molar refractivity (Wildman–Crippen MR) is 138 cm³/mol. The third-order valence-corrected chi connectivity index (χ3v) is 5.45. The Morgan fingerprint density at radius 2 is 1.24 bits per heavy atom. The number of nitrogens with one attached hydrogen (secondary N) is 4. The smallest absolute Gasteiger partial charge is 0.269 e. The molecule has 3 aromatic rings. The second-order valence-electron chi connectivity index (χ2n) is 7.83. The van der Waals surface area contributed by atoms with Gasteiger partial charge in [0.15, 0.2) is 0 Å². The first-order valence-corrected chi connectivity index (χ1v) is 11.5. The molecule has 0 heterocycles. The molecule has 0 saturated carbocycles. The average molecular weight is 505 g/mol. The number of carbonyl (C=O) groups is 4. The Bertz CT molecular complexity index is 1260. The van der Waals surface area contributed by atoms with Crippen LogP contribution in [-0.2, 0) is 4.79 Å². The van der Waals surface area contributed by atoms with Crippen molar-refractivity contribution in [3.05, 3.63) is 89.5 Å². The molecule has 37 heavy (non-hydrogen) atoms. The molecule has 3 aromatic carbocycles. The Balaban J connectivity index is 1.62. The third kappa shape index (κ3) is 7.07. The van der Waals surface area contributed by atoms with E-state index in [1.807, 2.05) is 0 Å². The number of methoxy groups -OCH3 is 2. The van der Waals surface area contributed by atoms with Gasteiger partial charge in [-0.05, 0) is 67.1 Å². The van der Waals surface area contributed by atoms with Crippen molar-refractivity contribution in [3.8, 4) is 11.5 Å². The van der Waals surface area contributed by atoms with Gasteiger partial charge in [-0.2, -0.15) is 0 Å². The van der Waals surface area contributed by atoms with Crippen LogP contribution in [-0.4, -0.2) is 43.9 Å². The van der Waals surface area contributed by atoms with Crippen molar-refractivity contribution in [2.45, 2.75) is 19.4 Å². The van der Waals surface area contributed by atoms with Crippen molar-refractivity contribution >= 4 is 29.3 Å². The maximum Gasteiger partial charge on any atom is 0.269 e. The standard InChI is InChI=1S/C27H28N4O6/c1-4-22(27(35)31-30-25(33)18-11-15-20(37-3)16-12-18)28-26(34)21-7-5-6-8-23(21)29-24(32)17-9-13-19(36-2)14-10-17/h5-16,22H,4H2,1-3H3,(H,28,34)(H,29,32)(H,30,33)(H,31,35)/t22-/m1/s1. The summed E-state index contributed by atoms with van der Waals surface area (Å²) in [5, 5.41) is 5.37. The Hall–Kier alpha value is -4.86. The summed E-state index contributed by atoms with van der Waals surface area (Å²) in [6.45, 7) is 1.72. The van der Waals surface area contributed by atoms with E-state index >= 15 is 0 Å². The van der Waals surface area contributed by atoms with Crippen molar-refractivity contribution in [3.63, 3.8) is 0 Å². The van der Waals surface area contributed by atoms with Crippen LogP contribution in [0.5, 0.6) is 11.5 Å². The molecule has 4 amide bonds. The van der Waals surface area contributed by atoms with E-state index in [2.05, 4.69) is 21.5 Å². The van der Waals surface area contributed by atoms with Crippen LogP contribution in [0.1, 0.15) is 44.4 Å². The summed E-state index contributed by atoms with van der Waals surface area (Å²) in [4.78, 5) is 50.6. The van der Waals surface area contributed by atoms with Crippen LogP contribution in [0.15, 0.2) is 72.8 Å². The summed E-state index contributed by atoms with van der Waals surface area (Å²) in [6.07, 6.45) is 0.260. The van der Waals surface area contributed by atoms with Crippen LogP contribution in [0.2, 0.25) is 0 Å². The lowest BCUT2D eigenvalue weighted by molar-refractivity contribution is -0.123. The SMILES string of the molecule is CC[C@@H](NC(=O)c1ccccc1NC(=O)c1ccc(OC)cc1)C(=O)NNC(=O)c1ccc(OC)cc1. The Kier molecular flexibility index (Phi) is 9.20. The van der Waals surface area contributed by atoms with Gasteiger partial charge in [0.05, 0.1) is 25.5 Å². The van der Waals surface area contributed by atoms with Gasteiger partial charge in [0.1, 0.15) is 17.5 Å². The van der Waals surface area contributed by atoms with Gasteiger partial charge in [-0.15, -0.1) is 0 Å². The monoisotopic (exact) mass is 504 g/mol. The van der Waals surface area contributed by atoms with Crippen LogP contribution < -0.4 is 31.0 Å². The van der Waals surface area contributed by atoms with Crippen LogP contribution in [0.3, 0.4) is 0 Å². The van der Waals surface area contributed by atoms with Crippen molar-refractivity contribution in [1.82, 2.24) is 16.2 Å². The number of anilines is 1. The summed E-state index contributed by atoms with van der Waals surface area (Å²) in [5.41, 5.74) is 5.82. The normalized spacial score (nSPS) is 11.0. The van der Waals surface area contributed by atoms with E-state index in [0.717, 1.165) is 0 Å². The fraction of sp³-hybridized carbons (Fsp3) is 0.185. The van der Waals surface area contributed by atoms with E-state index < -0.39 is 29.7 Å². The minimum atomic E-state index is -0.936. The molecule has 0 aromatic heterocycles. The molecule has 192 valence electrons. The third-order valence-electron chi connectivity index (χ3n) is 5.45. The molecule has 0 aliphatic heterocycles. The Morgan fingerprint density at radius 1 is 0.703 bits per heavy atom. The van der Waals surface area contributed by atoms with E-state index in [9.17, 15) is 19.2 Å². The molecule has 0 unspecified atom stereocenters. The van der Waals surface area contributed by atoms with E-state index in [4.69, 9.17) is 9.47 Å². The number of para-hydroxylation sites is 1. The molecule has 3 rings (SSSR count). The zero-order valence-electron chi connectivity index (χ0n) is 20.7. The second-order valence-corrected chi connectivity index (χ2v) is 7.83. The number of hydrogen-bond donors (Lipinski definition) is 4. The van der Waals surface area contributed by atoms with Gasteiger partial charge < -0.3 is 20.1 Å². The second kappa shape index (κ2) is 12.7. The molecule has 0 fully saturated rings. The largest absolute Gasteiger partial charge is 0.497 e. The first-order valence-electron chi connectivity index (χ1n) is 11.5. The highest BCUT2D eigenvalue weighted by molar-refractivity contribution is 6.09. The van der Waals surface area contributed by atoms with Gasteiger partial charge in [0, 0.05) is 11.1 Å². The maximum absolute atomic E-state index is 13.0. The van der Waals surface area contributed by atoms with Gasteiger partial charge in [0.25, 0.3) is 23.6 Å². The van der Waals surface area contributed by atoms with Gasteiger partial charge >= 0.3 is 0 Å². The average Bonchev–Trinajstić information content (AvgIpc) is 2.94. The zero-order chi connectivity index (χ0) is 26.8. The van der Waals surface area contributed by atoms with Crippen LogP contribution in [0, 0.1) is 0 Å². The minimum Gasteiger partial charge on any atom is -0.497 e. The highest BCUT2D eigenvalue weighted by Gasteiger charge is 2.22. The Morgan fingerprint density at radius 3 is 1.78 bits per heavy atom. The fourth-order valence-electron chi connectivity index (χ4n) is 3.34. The van der Waals surface area contributed by atoms with Crippen molar-refractivity contribution in [1.29, 1.82) is 0 Å². The van der Waals surface area contributed by atoms with E-state index in [1.54, 1.807) is 73.7 Å². The summed E-state index contributed by atoms with van der Waals surface area (Å²) >= 11 is 0. The predicted octanol–water partition coefficient (Wildman–Crippen LogP) is 2.93. The lowest BCUT2D eigenvalue weighted by atomic mass is 10.1. The van der Waals surface area contributed by atoms with Gasteiger partial charge in [0.2, 0.25) is 0 Å². The van der Waals surface area contributed by atoms with E-state index in [-0.39, 0.29) is 17.7 Å². The number of benzene rings is 3. The fourth-order valence-corrected chi connectivity index (χ4v) is 3.34. The van der Waals surface area contributed by atoms with E-state index in [0.29, 0.717) is 22.6 Å². The molecule has 0 aliphatic carbocycles. The summed E-state index contributed by atoms with van der Waals surface area (Å²) in [7, 11) is 3.05. The van der Waals surface area contributed by atoms with Crippen LogP contribution >= 0.6 is 0 Å². The molecule has 10 heteroatoms. The molecule has 0 bridgehead atoms. The number of ether oxygens (including phenoxy) is 2. The molecule has 0 aliphatic rings. The topological polar surface area (TPSA) is 135 Å². The van der Waals surface area contributed by atoms with Gasteiger partial charge in [-0.3, -0.25) is 30.0 Å². The molecule has 4 N–H and O–H groups in total. The molecule has 0 radical (unpaired) electrons. The molecular formula is C27H28N4O6. The molecular weight excluding hydrogens is 476 g/mol. The highest BCUT2D eigenvalue weighted by atomic mass is 16.5. The van der Waals surface area contributed by atoms with Crippen molar-refractivity contribution < 1.29 is 28.7 Å². The molecule has 0 spiro atoms. The molecule has 10 nitrogen and oxygen atoms in total. The zero-order valence-corrected chi connectivity index (χ0v) is 20.7. The van der Waals surface area contributed by atoms with E-state index in [1.165, 1.54) is 20.3 Å². The summed E-state index contributed by atoms with van der Waals surface area (Å²) in [6, 6.07) is 18.4.